The van der Waals surface area contributed by atoms with Crippen LogP contribution in [0.1, 0.15) is 90.9 Å². The zero-order valence-corrected chi connectivity index (χ0v) is 18.1. The number of nitrogens with zero attached hydrogens (tertiary/aromatic N) is 2. The highest BCUT2D eigenvalue weighted by Gasteiger charge is 2.36. The second-order valence-electron chi connectivity index (χ2n) is 7.50. The summed E-state index contributed by atoms with van der Waals surface area (Å²) in [7, 11) is 0. The van der Waals surface area contributed by atoms with Crippen molar-refractivity contribution in [3.05, 3.63) is 18.7 Å². The molecule has 25 heavy (non-hydrogen) atoms. The second kappa shape index (κ2) is 12.3. The van der Waals surface area contributed by atoms with Gasteiger partial charge in [-0.25, -0.2) is 4.98 Å². The van der Waals surface area contributed by atoms with Crippen LogP contribution in [0.25, 0.3) is 0 Å². The molecule has 2 unspecified atom stereocenters. The number of hydrogen-bond donors (Lipinski definition) is 0. The van der Waals surface area contributed by atoms with Gasteiger partial charge in [0.25, 0.3) is 0 Å². The number of aromatic nitrogens is 2. The molecule has 144 valence electrons. The number of thioether (sulfide) groups is 2. The lowest BCUT2D eigenvalue weighted by Crippen LogP contribution is -2.30. The van der Waals surface area contributed by atoms with Crippen molar-refractivity contribution in [1.29, 1.82) is 0 Å². The van der Waals surface area contributed by atoms with Gasteiger partial charge in [0.1, 0.15) is 0 Å². The summed E-state index contributed by atoms with van der Waals surface area (Å²) in [5.41, 5.74) is 0. The Morgan fingerprint density at radius 2 is 1.84 bits per heavy atom. The fraction of sp³-hybridized carbons (Fsp3) is 0.857. The minimum atomic E-state index is 0.490. The van der Waals surface area contributed by atoms with Gasteiger partial charge in [0, 0.05) is 24.2 Å². The van der Waals surface area contributed by atoms with Crippen molar-refractivity contribution in [2.45, 2.75) is 107 Å². The second-order valence-corrected chi connectivity index (χ2v) is 10.9. The quantitative estimate of drug-likeness (QED) is 0.337. The number of imidazole rings is 1. The Morgan fingerprint density at radius 3 is 2.60 bits per heavy atom. The summed E-state index contributed by atoms with van der Waals surface area (Å²) >= 11 is 4.64. The number of unbranched alkanes of at least 4 members (excludes halogenated alkanes) is 5. The molecular formula is C21H38N2S2. The highest BCUT2D eigenvalue weighted by atomic mass is 32.2. The molecule has 1 aliphatic rings. The van der Waals surface area contributed by atoms with Gasteiger partial charge in [-0.05, 0) is 37.9 Å². The van der Waals surface area contributed by atoms with Gasteiger partial charge in [-0.3, -0.25) is 0 Å². The molecule has 1 aromatic rings. The fourth-order valence-electron chi connectivity index (χ4n) is 3.74. The van der Waals surface area contributed by atoms with E-state index in [-0.39, 0.29) is 0 Å². The molecule has 2 nitrogen and oxygen atoms in total. The average molecular weight is 383 g/mol. The SMILES string of the molecule is CCCCCCCC1(CCCn2ccnc2)SCCC(CCCC)S1. The van der Waals surface area contributed by atoms with Gasteiger partial charge in [-0.15, -0.1) is 23.5 Å². The van der Waals surface area contributed by atoms with Gasteiger partial charge in [-0.2, -0.15) is 0 Å². The van der Waals surface area contributed by atoms with Crippen molar-refractivity contribution < 1.29 is 0 Å². The van der Waals surface area contributed by atoms with Crippen molar-refractivity contribution in [3.8, 4) is 0 Å². The molecule has 0 N–H and O–H groups in total. The largest absolute Gasteiger partial charge is 0.337 e. The zero-order valence-electron chi connectivity index (χ0n) is 16.4. The molecule has 4 heteroatoms. The third-order valence-electron chi connectivity index (χ3n) is 5.26. The molecule has 0 aliphatic carbocycles. The van der Waals surface area contributed by atoms with E-state index in [1.54, 1.807) is 0 Å². The summed E-state index contributed by atoms with van der Waals surface area (Å²) in [4.78, 5) is 4.18. The van der Waals surface area contributed by atoms with E-state index in [4.69, 9.17) is 0 Å². The molecule has 0 bridgehead atoms. The van der Waals surface area contributed by atoms with E-state index in [0.717, 1.165) is 11.8 Å². The first-order valence-electron chi connectivity index (χ1n) is 10.6. The molecular weight excluding hydrogens is 344 g/mol. The van der Waals surface area contributed by atoms with Gasteiger partial charge in [-0.1, -0.05) is 58.8 Å². The minimum absolute atomic E-state index is 0.490. The third kappa shape index (κ3) is 7.99. The molecule has 1 aliphatic heterocycles. The van der Waals surface area contributed by atoms with E-state index >= 15 is 0 Å². The first kappa shape index (κ1) is 21.2. The first-order chi connectivity index (χ1) is 12.3. The van der Waals surface area contributed by atoms with Crippen molar-refractivity contribution in [2.24, 2.45) is 0 Å². The van der Waals surface area contributed by atoms with Gasteiger partial charge in [0.2, 0.25) is 0 Å². The Bertz CT molecular complexity index is 435. The highest BCUT2D eigenvalue weighted by Crippen LogP contribution is 2.52. The molecule has 2 rings (SSSR count). The summed E-state index contributed by atoms with van der Waals surface area (Å²) in [5, 5.41) is 0.907. The molecule has 2 heterocycles. The average Bonchev–Trinajstić information content (AvgIpc) is 3.14. The van der Waals surface area contributed by atoms with Crippen LogP contribution in [0.5, 0.6) is 0 Å². The minimum Gasteiger partial charge on any atom is -0.337 e. The fourth-order valence-corrected chi connectivity index (χ4v) is 7.83. The Balaban J connectivity index is 1.84. The molecule has 1 aromatic heterocycles. The van der Waals surface area contributed by atoms with Crippen LogP contribution in [0.4, 0.5) is 0 Å². The molecule has 0 saturated carbocycles. The van der Waals surface area contributed by atoms with Gasteiger partial charge in [0.15, 0.2) is 0 Å². The standard InChI is InChI=1S/C21H38N2S2/c1-3-5-7-8-9-13-21(14-10-16-23-17-15-22-19-23)24-18-12-20(25-21)11-6-4-2/h15,17,19-20H,3-14,16,18H2,1-2H3. The maximum absolute atomic E-state index is 4.18. The van der Waals surface area contributed by atoms with Crippen molar-refractivity contribution in [1.82, 2.24) is 9.55 Å². The molecule has 0 aromatic carbocycles. The van der Waals surface area contributed by atoms with E-state index in [1.165, 1.54) is 82.8 Å². The van der Waals surface area contributed by atoms with Crippen LogP contribution in [-0.4, -0.2) is 24.6 Å². The van der Waals surface area contributed by atoms with Crippen LogP contribution in [0.15, 0.2) is 18.7 Å². The normalized spacial score (nSPS) is 23.8. The predicted molar refractivity (Wildman–Crippen MR) is 116 cm³/mol. The summed E-state index contributed by atoms with van der Waals surface area (Å²) < 4.78 is 2.73. The van der Waals surface area contributed by atoms with Crippen LogP contribution in [0.3, 0.4) is 0 Å². The van der Waals surface area contributed by atoms with E-state index in [0.29, 0.717) is 4.08 Å². The molecule has 0 amide bonds. The number of rotatable bonds is 13. The summed E-state index contributed by atoms with van der Waals surface area (Å²) in [5.74, 6) is 1.38. The topological polar surface area (TPSA) is 17.8 Å². The van der Waals surface area contributed by atoms with Crippen LogP contribution >= 0.6 is 23.5 Å². The van der Waals surface area contributed by atoms with E-state index in [1.807, 2.05) is 12.5 Å². The Hall–Kier alpha value is -0.0900. The van der Waals surface area contributed by atoms with Crippen LogP contribution < -0.4 is 0 Å². The zero-order chi connectivity index (χ0) is 17.8. The van der Waals surface area contributed by atoms with E-state index < -0.39 is 0 Å². The van der Waals surface area contributed by atoms with Crippen molar-refractivity contribution >= 4 is 23.5 Å². The summed E-state index contributed by atoms with van der Waals surface area (Å²) in [6.45, 7) is 5.76. The van der Waals surface area contributed by atoms with E-state index in [2.05, 4.69) is 53.1 Å². The molecule has 1 saturated heterocycles. The van der Waals surface area contributed by atoms with Gasteiger partial charge in [0.05, 0.1) is 10.4 Å². The Kier molecular flexibility index (Phi) is 10.5. The lowest BCUT2D eigenvalue weighted by molar-refractivity contribution is 0.521. The predicted octanol–water partition coefficient (Wildman–Crippen LogP) is 7.15. The third-order valence-corrected chi connectivity index (χ3v) is 8.92. The van der Waals surface area contributed by atoms with Gasteiger partial charge < -0.3 is 4.57 Å². The Labute approximate surface area is 164 Å². The first-order valence-corrected chi connectivity index (χ1v) is 12.4. The smallest absolute Gasteiger partial charge is 0.0945 e. The van der Waals surface area contributed by atoms with Crippen LogP contribution in [0, 0.1) is 0 Å². The van der Waals surface area contributed by atoms with Crippen molar-refractivity contribution in [2.75, 3.05) is 5.75 Å². The lowest BCUT2D eigenvalue weighted by atomic mass is 10.1. The highest BCUT2D eigenvalue weighted by molar-refractivity contribution is 8.19. The lowest BCUT2D eigenvalue weighted by Gasteiger charge is -2.40. The maximum Gasteiger partial charge on any atom is 0.0945 e. The van der Waals surface area contributed by atoms with Gasteiger partial charge >= 0.3 is 0 Å². The van der Waals surface area contributed by atoms with Crippen molar-refractivity contribution in [3.63, 3.8) is 0 Å². The Morgan fingerprint density at radius 1 is 1.04 bits per heavy atom. The van der Waals surface area contributed by atoms with Crippen LogP contribution in [-0.2, 0) is 6.54 Å². The molecule has 0 spiro atoms. The number of aryl methyl sites for hydroxylation is 1. The molecule has 2 atom stereocenters. The van der Waals surface area contributed by atoms with E-state index in [9.17, 15) is 0 Å². The maximum atomic E-state index is 4.18. The monoisotopic (exact) mass is 382 g/mol. The molecule has 1 fully saturated rings. The molecule has 0 radical (unpaired) electrons. The van der Waals surface area contributed by atoms with Crippen LogP contribution in [0.2, 0.25) is 0 Å². The summed E-state index contributed by atoms with van der Waals surface area (Å²) in [6.07, 6.45) is 22.7. The summed E-state index contributed by atoms with van der Waals surface area (Å²) in [6, 6.07) is 0. The number of hydrogen-bond acceptors (Lipinski definition) is 3.